The molecule has 1 atom stereocenters. The third kappa shape index (κ3) is 5.84. The first-order valence-electron chi connectivity index (χ1n) is 8.46. The van der Waals surface area contributed by atoms with Crippen molar-refractivity contribution in [3.63, 3.8) is 0 Å². The van der Waals surface area contributed by atoms with Crippen LogP contribution in [-0.4, -0.2) is 45.4 Å². The molecule has 2 heterocycles. The minimum absolute atomic E-state index is 0.0340. The van der Waals surface area contributed by atoms with Gasteiger partial charge in [-0.05, 0) is 45.4 Å². The molecule has 0 aliphatic rings. The lowest BCUT2D eigenvalue weighted by Gasteiger charge is -2.22. The number of carbonyl (C=O) groups is 2. The van der Waals surface area contributed by atoms with Crippen molar-refractivity contribution in [1.82, 2.24) is 19.9 Å². The summed E-state index contributed by atoms with van der Waals surface area (Å²) in [6, 6.07) is 1.26. The van der Waals surface area contributed by atoms with Gasteiger partial charge in [0.15, 0.2) is 0 Å². The smallest absolute Gasteiger partial charge is 0.407 e. The molecule has 2 aromatic heterocycles. The standard InChI is InChI=1S/C18H22Cl2N4O4/c1-10(22-17(26)28-18(2,3)4)8-24-9-11(6-13(24)15(25)27-5)14-12(19)7-21-16(20)23-14/h6-7,9-10H,8H2,1-5H3,(H,22,26)/t10-/m1/s1. The van der Waals surface area contributed by atoms with Gasteiger partial charge in [-0.1, -0.05) is 11.6 Å². The van der Waals surface area contributed by atoms with Crippen molar-refractivity contribution in [2.75, 3.05) is 7.11 Å². The van der Waals surface area contributed by atoms with Gasteiger partial charge >= 0.3 is 12.1 Å². The Kier molecular flexibility index (Phi) is 6.90. The number of alkyl carbamates (subject to hydrolysis) is 1. The van der Waals surface area contributed by atoms with Gasteiger partial charge in [-0.2, -0.15) is 0 Å². The number of amides is 1. The Bertz CT molecular complexity index is 877. The molecular weight excluding hydrogens is 407 g/mol. The van der Waals surface area contributed by atoms with Crippen LogP contribution in [0.2, 0.25) is 10.3 Å². The SMILES string of the molecule is COC(=O)c1cc(-c2nc(Cl)ncc2Cl)cn1C[C@@H](C)NC(=O)OC(C)(C)C. The van der Waals surface area contributed by atoms with Gasteiger partial charge in [-0.3, -0.25) is 0 Å². The zero-order valence-electron chi connectivity index (χ0n) is 16.2. The lowest BCUT2D eigenvalue weighted by Crippen LogP contribution is -2.39. The average molecular weight is 429 g/mol. The van der Waals surface area contributed by atoms with E-state index < -0.39 is 17.7 Å². The molecule has 0 fully saturated rings. The molecule has 1 amide bonds. The second-order valence-electron chi connectivity index (χ2n) is 7.14. The summed E-state index contributed by atoms with van der Waals surface area (Å²) >= 11 is 12.0. The highest BCUT2D eigenvalue weighted by atomic mass is 35.5. The molecule has 0 radical (unpaired) electrons. The summed E-state index contributed by atoms with van der Waals surface area (Å²) in [6.07, 6.45) is 2.52. The Morgan fingerprint density at radius 3 is 2.61 bits per heavy atom. The molecule has 10 heteroatoms. The maximum Gasteiger partial charge on any atom is 0.407 e. The average Bonchev–Trinajstić information content (AvgIpc) is 2.97. The Hall–Kier alpha value is -2.32. The second-order valence-corrected chi connectivity index (χ2v) is 7.89. The summed E-state index contributed by atoms with van der Waals surface area (Å²) in [5.41, 5.74) is 0.628. The number of methoxy groups -OCH3 is 1. The molecule has 28 heavy (non-hydrogen) atoms. The van der Waals surface area contributed by atoms with Crippen LogP contribution >= 0.6 is 23.2 Å². The van der Waals surface area contributed by atoms with Crippen LogP contribution in [0.5, 0.6) is 0 Å². The molecule has 2 aromatic rings. The highest BCUT2D eigenvalue weighted by Gasteiger charge is 2.21. The van der Waals surface area contributed by atoms with Crippen molar-refractivity contribution < 1.29 is 19.1 Å². The van der Waals surface area contributed by atoms with Crippen molar-refractivity contribution in [3.8, 4) is 11.3 Å². The van der Waals surface area contributed by atoms with E-state index in [1.165, 1.54) is 13.3 Å². The van der Waals surface area contributed by atoms with E-state index in [1.807, 2.05) is 0 Å². The zero-order valence-corrected chi connectivity index (χ0v) is 17.8. The molecule has 2 rings (SSSR count). The van der Waals surface area contributed by atoms with Crippen LogP contribution in [0, 0.1) is 0 Å². The molecule has 0 bridgehead atoms. The number of aromatic nitrogens is 3. The van der Waals surface area contributed by atoms with E-state index in [2.05, 4.69) is 15.3 Å². The first-order chi connectivity index (χ1) is 13.0. The van der Waals surface area contributed by atoms with E-state index in [9.17, 15) is 9.59 Å². The molecule has 0 aliphatic carbocycles. The van der Waals surface area contributed by atoms with Crippen LogP contribution in [0.25, 0.3) is 11.3 Å². The third-order valence-electron chi connectivity index (χ3n) is 3.51. The van der Waals surface area contributed by atoms with E-state index in [0.29, 0.717) is 17.8 Å². The summed E-state index contributed by atoms with van der Waals surface area (Å²) in [5, 5.41) is 3.06. The van der Waals surface area contributed by atoms with Gasteiger partial charge in [0.05, 0.1) is 24.0 Å². The minimum Gasteiger partial charge on any atom is -0.464 e. The number of halogens is 2. The summed E-state index contributed by atoms with van der Waals surface area (Å²) in [5.74, 6) is -0.535. The summed E-state index contributed by atoms with van der Waals surface area (Å²) < 4.78 is 11.7. The van der Waals surface area contributed by atoms with Gasteiger partial charge in [0.25, 0.3) is 0 Å². The van der Waals surface area contributed by atoms with Gasteiger partial charge in [0.2, 0.25) is 5.28 Å². The molecular formula is C18H22Cl2N4O4. The van der Waals surface area contributed by atoms with Gasteiger partial charge < -0.3 is 19.4 Å². The van der Waals surface area contributed by atoms with Gasteiger partial charge in [-0.15, -0.1) is 0 Å². The first kappa shape index (κ1) is 22.0. The predicted molar refractivity (Wildman–Crippen MR) is 106 cm³/mol. The van der Waals surface area contributed by atoms with E-state index in [0.717, 1.165) is 0 Å². The van der Waals surface area contributed by atoms with E-state index in [4.69, 9.17) is 32.7 Å². The van der Waals surface area contributed by atoms with Crippen molar-refractivity contribution in [3.05, 3.63) is 34.5 Å². The molecule has 0 saturated carbocycles. The number of hydrogen-bond acceptors (Lipinski definition) is 6. The summed E-state index contributed by atoms with van der Waals surface area (Å²) in [7, 11) is 1.29. The number of hydrogen-bond donors (Lipinski definition) is 1. The van der Waals surface area contributed by atoms with Crippen LogP contribution in [0.1, 0.15) is 38.2 Å². The summed E-state index contributed by atoms with van der Waals surface area (Å²) in [6.45, 7) is 7.42. The monoisotopic (exact) mass is 428 g/mol. The topological polar surface area (TPSA) is 95.3 Å². The number of nitrogens with one attached hydrogen (secondary N) is 1. The van der Waals surface area contributed by atoms with Crippen molar-refractivity contribution in [2.45, 2.75) is 45.9 Å². The lowest BCUT2D eigenvalue weighted by atomic mass is 10.2. The van der Waals surface area contributed by atoms with Crippen LogP contribution in [0.15, 0.2) is 18.5 Å². The van der Waals surface area contributed by atoms with Crippen molar-refractivity contribution in [1.29, 1.82) is 0 Å². The molecule has 152 valence electrons. The first-order valence-corrected chi connectivity index (χ1v) is 9.22. The zero-order chi connectivity index (χ0) is 21.1. The van der Waals surface area contributed by atoms with Crippen LogP contribution in [-0.2, 0) is 16.0 Å². The molecule has 0 spiro atoms. The number of esters is 1. The maximum atomic E-state index is 12.2. The van der Waals surface area contributed by atoms with Crippen molar-refractivity contribution >= 4 is 35.3 Å². The molecule has 8 nitrogen and oxygen atoms in total. The van der Waals surface area contributed by atoms with Gasteiger partial charge in [0.1, 0.15) is 11.3 Å². The number of rotatable bonds is 5. The van der Waals surface area contributed by atoms with Crippen molar-refractivity contribution in [2.24, 2.45) is 0 Å². The van der Waals surface area contributed by atoms with Gasteiger partial charge in [-0.25, -0.2) is 19.6 Å². The minimum atomic E-state index is -0.607. The van der Waals surface area contributed by atoms with Gasteiger partial charge in [0, 0.05) is 24.3 Å². The molecule has 1 N–H and O–H groups in total. The number of ether oxygens (including phenoxy) is 2. The molecule has 0 aromatic carbocycles. The summed E-state index contributed by atoms with van der Waals surface area (Å²) in [4.78, 5) is 32.1. The van der Waals surface area contributed by atoms with Crippen LogP contribution < -0.4 is 5.32 Å². The Morgan fingerprint density at radius 2 is 2.00 bits per heavy atom. The van der Waals surface area contributed by atoms with E-state index in [-0.39, 0.29) is 22.0 Å². The van der Waals surface area contributed by atoms with Crippen LogP contribution in [0.3, 0.4) is 0 Å². The second kappa shape index (κ2) is 8.79. The fraction of sp³-hybridized carbons (Fsp3) is 0.444. The predicted octanol–water partition coefficient (Wildman–Crippen LogP) is 3.95. The third-order valence-corrected chi connectivity index (χ3v) is 3.97. The largest absolute Gasteiger partial charge is 0.464 e. The highest BCUT2D eigenvalue weighted by molar-refractivity contribution is 6.33. The van der Waals surface area contributed by atoms with E-state index >= 15 is 0 Å². The van der Waals surface area contributed by atoms with E-state index in [1.54, 1.807) is 44.5 Å². The molecule has 0 aliphatic heterocycles. The number of nitrogens with zero attached hydrogens (tertiary/aromatic N) is 3. The Balaban J connectivity index is 2.28. The quantitative estimate of drug-likeness (QED) is 0.571. The lowest BCUT2D eigenvalue weighted by molar-refractivity contribution is 0.0504. The fourth-order valence-corrected chi connectivity index (χ4v) is 2.80. The highest BCUT2D eigenvalue weighted by Crippen LogP contribution is 2.28. The Morgan fingerprint density at radius 1 is 1.32 bits per heavy atom. The maximum absolute atomic E-state index is 12.2. The molecule has 0 saturated heterocycles. The molecule has 0 unspecified atom stereocenters. The fourth-order valence-electron chi connectivity index (χ4n) is 2.46. The number of carbonyl (C=O) groups excluding carboxylic acids is 2. The van der Waals surface area contributed by atoms with Crippen LogP contribution in [0.4, 0.5) is 4.79 Å². The normalized spacial score (nSPS) is 12.4. The Labute approximate surface area is 173 Å².